The average molecular weight is 351 g/mol. The Hall–Kier alpha value is -3.35. The smallest absolute Gasteiger partial charge is 0.244 e. The van der Waals surface area contributed by atoms with Gasteiger partial charge in [-0.15, -0.1) is 0 Å². The predicted octanol–water partition coefficient (Wildman–Crippen LogP) is 3.97. The first-order valence-corrected chi connectivity index (χ1v) is 7.99. The lowest BCUT2D eigenvalue weighted by Gasteiger charge is -2.14. The molecule has 0 amide bonds. The first-order chi connectivity index (χ1) is 12.5. The molecule has 0 spiro atoms. The second-order valence-electron chi connectivity index (χ2n) is 5.72. The molecule has 0 aliphatic carbocycles. The van der Waals surface area contributed by atoms with Crippen LogP contribution < -0.4 is 4.74 Å². The lowest BCUT2D eigenvalue weighted by atomic mass is 9.97. The largest absolute Gasteiger partial charge is 0.434 e. The number of benzene rings is 1. The van der Waals surface area contributed by atoms with E-state index in [0.29, 0.717) is 11.3 Å². The van der Waals surface area contributed by atoms with E-state index >= 15 is 0 Å². The van der Waals surface area contributed by atoms with Crippen molar-refractivity contribution < 1.29 is 9.13 Å². The molecule has 2 aromatic heterocycles. The maximum absolute atomic E-state index is 15.0. The normalized spacial score (nSPS) is 11.5. The molecule has 0 fully saturated rings. The van der Waals surface area contributed by atoms with Gasteiger partial charge in [-0.25, -0.2) is 19.4 Å². The first-order valence-electron chi connectivity index (χ1n) is 7.99. The summed E-state index contributed by atoms with van der Waals surface area (Å²) < 4.78 is 20.6. The zero-order chi connectivity index (χ0) is 18.7. The molecule has 0 aliphatic heterocycles. The van der Waals surface area contributed by atoms with Gasteiger partial charge in [-0.2, -0.15) is 0 Å². The number of ether oxygens (including phenoxy) is 1. The van der Waals surface area contributed by atoms with Gasteiger partial charge in [-0.05, 0) is 50.1 Å². The number of rotatable bonds is 4. The van der Waals surface area contributed by atoms with Crippen LogP contribution in [0.5, 0.6) is 5.75 Å². The Labute approximate surface area is 150 Å². The Morgan fingerprint density at radius 3 is 2.54 bits per heavy atom. The highest BCUT2D eigenvalue weighted by atomic mass is 19.1. The molecular formula is C19H18FN5O. The van der Waals surface area contributed by atoms with Crippen LogP contribution in [0, 0.1) is 32.0 Å². The van der Waals surface area contributed by atoms with Crippen LogP contribution >= 0.6 is 0 Å². The molecule has 132 valence electrons. The highest BCUT2D eigenvalue weighted by Crippen LogP contribution is 2.33. The molecule has 7 heteroatoms. The lowest BCUT2D eigenvalue weighted by molar-refractivity contribution is 0.488. The summed E-state index contributed by atoms with van der Waals surface area (Å²) in [6.07, 6.45) is 4.04. The van der Waals surface area contributed by atoms with E-state index < -0.39 is 5.82 Å². The molecule has 1 aromatic carbocycles. The second-order valence-corrected chi connectivity index (χ2v) is 5.72. The van der Waals surface area contributed by atoms with E-state index in [1.165, 1.54) is 6.33 Å². The molecule has 0 saturated carbocycles. The summed E-state index contributed by atoms with van der Waals surface area (Å²) >= 11 is 0. The molecule has 0 bridgehead atoms. The van der Waals surface area contributed by atoms with E-state index in [1.807, 2.05) is 13.8 Å². The van der Waals surface area contributed by atoms with Crippen LogP contribution in [0.4, 0.5) is 4.39 Å². The highest BCUT2D eigenvalue weighted by molar-refractivity contribution is 5.97. The van der Waals surface area contributed by atoms with Crippen molar-refractivity contribution >= 4 is 12.2 Å². The van der Waals surface area contributed by atoms with Crippen LogP contribution in [0.1, 0.15) is 22.6 Å². The Balaban J connectivity index is 2.03. The van der Waals surface area contributed by atoms with Crippen molar-refractivity contribution in [3.8, 4) is 16.9 Å². The van der Waals surface area contributed by atoms with Crippen molar-refractivity contribution in [1.82, 2.24) is 15.0 Å². The number of aryl methyl sites for hydroxylation is 2. The van der Waals surface area contributed by atoms with Crippen LogP contribution in [-0.4, -0.2) is 27.2 Å². The summed E-state index contributed by atoms with van der Waals surface area (Å²) in [6, 6.07) is 6.83. The fourth-order valence-corrected chi connectivity index (χ4v) is 2.77. The van der Waals surface area contributed by atoms with Gasteiger partial charge < -0.3 is 9.72 Å². The molecule has 2 N–H and O–H groups in total. The molecule has 2 heterocycles. The van der Waals surface area contributed by atoms with Crippen molar-refractivity contribution in [2.24, 2.45) is 4.99 Å². The Morgan fingerprint density at radius 2 is 1.92 bits per heavy atom. The van der Waals surface area contributed by atoms with Gasteiger partial charge in [0.1, 0.15) is 18.4 Å². The van der Waals surface area contributed by atoms with Crippen LogP contribution in [0.15, 0.2) is 41.8 Å². The molecule has 0 unspecified atom stereocenters. The van der Waals surface area contributed by atoms with Crippen LogP contribution in [0.2, 0.25) is 0 Å². The zero-order valence-electron chi connectivity index (χ0n) is 14.7. The average Bonchev–Trinajstić information content (AvgIpc) is 3.14. The van der Waals surface area contributed by atoms with E-state index in [9.17, 15) is 4.39 Å². The first kappa shape index (κ1) is 17.5. The predicted molar refractivity (Wildman–Crippen MR) is 98.4 cm³/mol. The third-order valence-electron chi connectivity index (χ3n) is 4.06. The minimum Gasteiger partial charge on any atom is -0.434 e. The number of nitrogens with zero attached hydrogens (tertiary/aromatic N) is 3. The zero-order valence-corrected chi connectivity index (χ0v) is 14.7. The van der Waals surface area contributed by atoms with Crippen molar-refractivity contribution in [1.29, 1.82) is 5.41 Å². The molecule has 3 rings (SSSR count). The summed E-state index contributed by atoms with van der Waals surface area (Å²) in [5.41, 5.74) is 4.09. The van der Waals surface area contributed by atoms with Crippen molar-refractivity contribution in [3.63, 3.8) is 0 Å². The standard InChI is InChI=1S/C19H18FN5O/c1-11-14(17-12(2)24-10-25-13(17)3)6-7-16(18(11)20)26-19(23-9-21)15-5-4-8-22-15/h4-10,21-22H,1-3H3. The number of aromatic amines is 1. The SMILES string of the molecule is Cc1ncnc(C)c1-c1ccc(OC(=NC=N)c2ccc[nH]2)c(F)c1C. The van der Waals surface area contributed by atoms with Gasteiger partial charge >= 0.3 is 0 Å². The van der Waals surface area contributed by atoms with Gasteiger partial charge in [0, 0.05) is 23.1 Å². The monoisotopic (exact) mass is 351 g/mol. The number of halogens is 1. The second kappa shape index (κ2) is 7.26. The minimum atomic E-state index is -0.491. The van der Waals surface area contributed by atoms with E-state index in [0.717, 1.165) is 28.9 Å². The van der Waals surface area contributed by atoms with Crippen molar-refractivity contribution in [2.75, 3.05) is 0 Å². The molecule has 0 atom stereocenters. The fourth-order valence-electron chi connectivity index (χ4n) is 2.77. The van der Waals surface area contributed by atoms with Gasteiger partial charge in [0.25, 0.3) is 0 Å². The summed E-state index contributed by atoms with van der Waals surface area (Å²) in [5.74, 6) is -0.338. The Kier molecular flexibility index (Phi) is 4.88. The number of aromatic nitrogens is 3. The minimum absolute atomic E-state index is 0.0357. The van der Waals surface area contributed by atoms with Gasteiger partial charge in [-0.1, -0.05) is 6.07 Å². The van der Waals surface area contributed by atoms with Gasteiger partial charge in [0.15, 0.2) is 11.6 Å². The van der Waals surface area contributed by atoms with Crippen molar-refractivity contribution in [3.05, 3.63) is 65.3 Å². The van der Waals surface area contributed by atoms with Gasteiger partial charge in [0.2, 0.25) is 5.90 Å². The third-order valence-corrected chi connectivity index (χ3v) is 4.06. The number of hydrogen-bond acceptors (Lipinski definition) is 4. The topological polar surface area (TPSA) is 87.0 Å². The number of hydrogen-bond donors (Lipinski definition) is 2. The summed E-state index contributed by atoms with van der Waals surface area (Å²) in [6.45, 7) is 5.42. The van der Waals surface area contributed by atoms with Crippen molar-refractivity contribution in [2.45, 2.75) is 20.8 Å². The van der Waals surface area contributed by atoms with Crippen LogP contribution in [0.25, 0.3) is 11.1 Å². The maximum atomic E-state index is 15.0. The molecule has 6 nitrogen and oxygen atoms in total. The van der Waals surface area contributed by atoms with Crippen LogP contribution in [-0.2, 0) is 0 Å². The maximum Gasteiger partial charge on any atom is 0.244 e. The Bertz CT molecular complexity index is 960. The van der Waals surface area contributed by atoms with E-state index in [1.54, 1.807) is 37.4 Å². The lowest BCUT2D eigenvalue weighted by Crippen LogP contribution is -2.12. The summed E-state index contributed by atoms with van der Waals surface area (Å²) in [7, 11) is 0. The van der Waals surface area contributed by atoms with E-state index in [-0.39, 0.29) is 11.6 Å². The molecule has 0 radical (unpaired) electrons. The molecule has 0 saturated heterocycles. The van der Waals surface area contributed by atoms with Gasteiger partial charge in [-0.3, -0.25) is 5.41 Å². The molecule has 3 aromatic rings. The molecule has 0 aliphatic rings. The summed E-state index contributed by atoms with van der Waals surface area (Å²) in [4.78, 5) is 15.2. The van der Waals surface area contributed by atoms with Crippen LogP contribution in [0.3, 0.4) is 0 Å². The molecule has 26 heavy (non-hydrogen) atoms. The summed E-state index contributed by atoms with van der Waals surface area (Å²) in [5, 5.41) is 7.18. The van der Waals surface area contributed by atoms with E-state index in [4.69, 9.17) is 10.1 Å². The third kappa shape index (κ3) is 3.23. The fraction of sp³-hybridized carbons (Fsp3) is 0.158. The highest BCUT2D eigenvalue weighted by Gasteiger charge is 2.18. The number of aliphatic imine (C=N–C) groups is 1. The number of nitrogens with one attached hydrogen (secondary N) is 2. The Morgan fingerprint density at radius 1 is 1.19 bits per heavy atom. The quantitative estimate of drug-likeness (QED) is 0.551. The molecular weight excluding hydrogens is 333 g/mol. The van der Waals surface area contributed by atoms with Gasteiger partial charge in [0.05, 0.1) is 0 Å². The number of H-pyrrole nitrogens is 1. The van der Waals surface area contributed by atoms with E-state index in [2.05, 4.69) is 19.9 Å².